The van der Waals surface area contributed by atoms with Crippen molar-refractivity contribution in [1.29, 1.82) is 0 Å². The van der Waals surface area contributed by atoms with Crippen LogP contribution >= 0.6 is 0 Å². The summed E-state index contributed by atoms with van der Waals surface area (Å²) in [6.07, 6.45) is 1.94. The van der Waals surface area contributed by atoms with Crippen LogP contribution in [0.25, 0.3) is 5.65 Å². The second-order valence-electron chi connectivity index (χ2n) is 3.54. The molecule has 0 spiro atoms. The number of aromatic nitrogens is 2. The van der Waals surface area contributed by atoms with E-state index >= 15 is 0 Å². The van der Waals surface area contributed by atoms with Gasteiger partial charge in [-0.05, 0) is 25.5 Å². The number of carbonyl (C=O) groups is 1. The average molecular weight is 218 g/mol. The quantitative estimate of drug-likeness (QED) is 0.689. The molecule has 0 aliphatic rings. The topological polar surface area (TPSA) is 34.4 Å². The Morgan fingerprint density at radius 2 is 1.88 bits per heavy atom. The lowest BCUT2D eigenvalue weighted by atomic mass is 10.2. The molecule has 0 amide bonds. The Morgan fingerprint density at radius 3 is 2.44 bits per heavy atom. The summed E-state index contributed by atoms with van der Waals surface area (Å²) in [6, 6.07) is 3.92. The molecule has 0 aliphatic carbocycles. The minimum absolute atomic E-state index is 0.0561. The van der Waals surface area contributed by atoms with E-state index in [9.17, 15) is 4.79 Å². The molecule has 0 aromatic carbocycles. The van der Waals surface area contributed by atoms with Gasteiger partial charge in [0.1, 0.15) is 11.3 Å². The lowest BCUT2D eigenvalue weighted by Crippen LogP contribution is -2.00. The summed E-state index contributed by atoms with van der Waals surface area (Å²) in [5, 5.41) is 0. The third kappa shape index (κ3) is 2.13. The van der Waals surface area contributed by atoms with Gasteiger partial charge in [0.05, 0.1) is 5.69 Å². The molecular formula is C13H18N2O. The first-order chi connectivity index (χ1) is 7.59. The van der Waals surface area contributed by atoms with Crippen molar-refractivity contribution < 1.29 is 4.79 Å². The van der Waals surface area contributed by atoms with Crippen LogP contribution < -0.4 is 0 Å². The van der Waals surface area contributed by atoms with E-state index in [0.29, 0.717) is 5.69 Å². The van der Waals surface area contributed by atoms with Gasteiger partial charge in [0.15, 0.2) is 5.78 Å². The van der Waals surface area contributed by atoms with E-state index in [0.717, 1.165) is 16.9 Å². The first-order valence-corrected chi connectivity index (χ1v) is 5.56. The maximum atomic E-state index is 11.4. The number of rotatable bonds is 1. The van der Waals surface area contributed by atoms with Gasteiger partial charge in [-0.25, -0.2) is 4.98 Å². The van der Waals surface area contributed by atoms with Gasteiger partial charge >= 0.3 is 0 Å². The first kappa shape index (κ1) is 12.4. The minimum Gasteiger partial charge on any atom is -0.297 e. The molecule has 2 aromatic heterocycles. The third-order valence-electron chi connectivity index (χ3n) is 2.27. The van der Waals surface area contributed by atoms with Crippen molar-refractivity contribution in [3.05, 3.63) is 35.3 Å². The number of hydrogen-bond acceptors (Lipinski definition) is 2. The number of fused-ring (bicyclic) bond motifs is 1. The highest BCUT2D eigenvalue weighted by Gasteiger charge is 2.11. The van der Waals surface area contributed by atoms with Crippen molar-refractivity contribution in [2.45, 2.75) is 34.6 Å². The summed E-state index contributed by atoms with van der Waals surface area (Å²) in [7, 11) is 0. The Kier molecular flexibility index (Phi) is 3.82. The predicted octanol–water partition coefficient (Wildman–Crippen LogP) is 3.18. The van der Waals surface area contributed by atoms with E-state index in [1.165, 1.54) is 0 Å². The number of hydrogen-bond donors (Lipinski definition) is 0. The largest absolute Gasteiger partial charge is 0.297 e. The van der Waals surface area contributed by atoms with Crippen molar-refractivity contribution in [1.82, 2.24) is 9.38 Å². The number of nitrogens with zero attached hydrogens (tertiary/aromatic N) is 2. The molecule has 16 heavy (non-hydrogen) atoms. The number of Topliss-reactive ketones (excluding diaryl/α,β-unsaturated/α-hetero) is 1. The molecule has 0 aliphatic heterocycles. The van der Waals surface area contributed by atoms with Gasteiger partial charge < -0.3 is 0 Å². The fourth-order valence-electron chi connectivity index (χ4n) is 1.69. The summed E-state index contributed by atoms with van der Waals surface area (Å²) in [5.41, 5.74) is 3.43. The molecule has 0 N–H and O–H groups in total. The van der Waals surface area contributed by atoms with Crippen LogP contribution in [-0.2, 0) is 0 Å². The second kappa shape index (κ2) is 4.92. The number of aryl methyl sites for hydroxylation is 2. The van der Waals surface area contributed by atoms with E-state index in [-0.39, 0.29) is 5.78 Å². The average Bonchev–Trinajstić information content (AvgIpc) is 2.56. The molecule has 2 rings (SSSR count). The minimum atomic E-state index is 0.0561. The molecule has 0 radical (unpaired) electrons. The maximum Gasteiger partial charge on any atom is 0.178 e. The van der Waals surface area contributed by atoms with Crippen molar-refractivity contribution in [3.63, 3.8) is 0 Å². The molecule has 0 fully saturated rings. The van der Waals surface area contributed by atoms with Crippen molar-refractivity contribution in [3.8, 4) is 0 Å². The summed E-state index contributed by atoms with van der Waals surface area (Å²) in [6.45, 7) is 9.43. The van der Waals surface area contributed by atoms with Gasteiger partial charge in [-0.15, -0.1) is 0 Å². The van der Waals surface area contributed by atoms with Crippen LogP contribution in [0.4, 0.5) is 0 Å². The number of pyridine rings is 1. The van der Waals surface area contributed by atoms with Crippen LogP contribution in [0, 0.1) is 13.8 Å². The molecule has 0 unspecified atom stereocenters. The van der Waals surface area contributed by atoms with Gasteiger partial charge in [-0.3, -0.25) is 9.20 Å². The number of carbonyl (C=O) groups excluding carboxylic acids is 1. The molecule has 0 saturated heterocycles. The molecular weight excluding hydrogens is 200 g/mol. The summed E-state index contributed by atoms with van der Waals surface area (Å²) < 4.78 is 1.85. The normalized spacial score (nSPS) is 9.81. The molecule has 3 heteroatoms. The Bertz CT molecular complexity index is 512. The highest BCUT2D eigenvalue weighted by atomic mass is 16.1. The van der Waals surface area contributed by atoms with Crippen LogP contribution in [0.3, 0.4) is 0 Å². The lowest BCUT2D eigenvalue weighted by molar-refractivity contribution is 0.101. The fourth-order valence-corrected chi connectivity index (χ4v) is 1.69. The molecule has 0 saturated carbocycles. The Labute approximate surface area is 96.1 Å². The van der Waals surface area contributed by atoms with Crippen LogP contribution in [0.2, 0.25) is 0 Å². The summed E-state index contributed by atoms with van der Waals surface area (Å²) in [4.78, 5) is 15.7. The SMILES string of the molecule is CC.CC(=O)c1c(C)nc2ccc(C)cn12. The lowest BCUT2D eigenvalue weighted by Gasteiger charge is -1.99. The van der Waals surface area contributed by atoms with Gasteiger partial charge in [0.25, 0.3) is 0 Å². The van der Waals surface area contributed by atoms with Crippen LogP contribution in [-0.4, -0.2) is 15.2 Å². The molecule has 0 atom stereocenters. The first-order valence-electron chi connectivity index (χ1n) is 5.56. The van der Waals surface area contributed by atoms with E-state index in [1.807, 2.05) is 50.4 Å². The second-order valence-corrected chi connectivity index (χ2v) is 3.54. The maximum absolute atomic E-state index is 11.4. The van der Waals surface area contributed by atoms with Gasteiger partial charge in [0.2, 0.25) is 0 Å². The molecule has 2 heterocycles. The van der Waals surface area contributed by atoms with E-state index in [2.05, 4.69) is 4.98 Å². The van der Waals surface area contributed by atoms with Crippen LogP contribution in [0.15, 0.2) is 18.3 Å². The molecule has 0 bridgehead atoms. The molecule has 3 nitrogen and oxygen atoms in total. The van der Waals surface area contributed by atoms with E-state index in [1.54, 1.807) is 6.92 Å². The zero-order valence-corrected chi connectivity index (χ0v) is 10.5. The summed E-state index contributed by atoms with van der Waals surface area (Å²) >= 11 is 0. The Morgan fingerprint density at radius 1 is 1.25 bits per heavy atom. The van der Waals surface area contributed by atoms with Crippen LogP contribution in [0.5, 0.6) is 0 Å². The van der Waals surface area contributed by atoms with E-state index in [4.69, 9.17) is 0 Å². The standard InChI is InChI=1S/C11H12N2O.C2H6/c1-7-4-5-10-12-8(2)11(9(3)14)13(10)6-7;1-2/h4-6H,1-3H3;1-2H3. The van der Waals surface area contributed by atoms with Crippen molar-refractivity contribution >= 4 is 11.4 Å². The predicted molar refractivity (Wildman–Crippen MR) is 66.0 cm³/mol. The highest BCUT2D eigenvalue weighted by Crippen LogP contribution is 2.13. The summed E-state index contributed by atoms with van der Waals surface area (Å²) in [5.74, 6) is 0.0561. The van der Waals surface area contributed by atoms with E-state index < -0.39 is 0 Å². The van der Waals surface area contributed by atoms with Gasteiger partial charge in [0, 0.05) is 13.1 Å². The van der Waals surface area contributed by atoms with Gasteiger partial charge in [-0.2, -0.15) is 0 Å². The zero-order valence-electron chi connectivity index (χ0n) is 10.5. The van der Waals surface area contributed by atoms with Crippen LogP contribution in [0.1, 0.15) is 42.5 Å². The fraction of sp³-hybridized carbons (Fsp3) is 0.385. The van der Waals surface area contributed by atoms with Crippen molar-refractivity contribution in [2.75, 3.05) is 0 Å². The smallest absolute Gasteiger partial charge is 0.178 e. The Balaban J connectivity index is 0.000000606. The molecule has 2 aromatic rings. The number of imidazole rings is 1. The molecule has 86 valence electrons. The monoisotopic (exact) mass is 218 g/mol. The number of ketones is 1. The Hall–Kier alpha value is -1.64. The zero-order chi connectivity index (χ0) is 12.3. The third-order valence-corrected chi connectivity index (χ3v) is 2.27. The van der Waals surface area contributed by atoms with Crippen molar-refractivity contribution in [2.24, 2.45) is 0 Å². The highest BCUT2D eigenvalue weighted by molar-refractivity contribution is 5.94. The van der Waals surface area contributed by atoms with Gasteiger partial charge in [-0.1, -0.05) is 19.9 Å².